The van der Waals surface area contributed by atoms with Crippen LogP contribution in [0, 0.1) is 0 Å². The summed E-state index contributed by atoms with van der Waals surface area (Å²) in [6, 6.07) is 7.83. The van der Waals surface area contributed by atoms with E-state index >= 15 is 0 Å². The summed E-state index contributed by atoms with van der Waals surface area (Å²) in [5, 5.41) is 4.43. The maximum atomic E-state index is 12.8. The molecule has 162 valence electrons. The van der Waals surface area contributed by atoms with E-state index in [-0.39, 0.29) is 29.7 Å². The molecule has 1 aromatic carbocycles. The summed E-state index contributed by atoms with van der Waals surface area (Å²) in [4.78, 5) is 38.3. The number of piperazine rings is 1. The van der Waals surface area contributed by atoms with Gasteiger partial charge in [-0.1, -0.05) is 36.6 Å². The average Bonchev–Trinajstić information content (AvgIpc) is 3.30. The van der Waals surface area contributed by atoms with Crippen molar-refractivity contribution in [1.82, 2.24) is 29.5 Å². The van der Waals surface area contributed by atoms with Gasteiger partial charge in [-0.05, 0) is 25.0 Å². The van der Waals surface area contributed by atoms with Crippen molar-refractivity contribution in [2.45, 2.75) is 44.7 Å². The van der Waals surface area contributed by atoms with E-state index in [0.29, 0.717) is 30.0 Å². The quantitative estimate of drug-likeness (QED) is 0.634. The van der Waals surface area contributed by atoms with Crippen molar-refractivity contribution in [2.75, 3.05) is 26.2 Å². The first-order chi connectivity index (χ1) is 15.2. The van der Waals surface area contributed by atoms with Crippen LogP contribution < -0.4 is 5.56 Å². The summed E-state index contributed by atoms with van der Waals surface area (Å²) in [6.07, 6.45) is 7.96. The first-order valence-electron chi connectivity index (χ1n) is 11.0. The van der Waals surface area contributed by atoms with Gasteiger partial charge in [0.05, 0.1) is 23.8 Å². The Bertz CT molecular complexity index is 1130. The van der Waals surface area contributed by atoms with Gasteiger partial charge in [0.2, 0.25) is 0 Å². The Morgan fingerprint density at radius 3 is 2.65 bits per heavy atom. The third kappa shape index (κ3) is 4.10. The first kappa shape index (κ1) is 19.9. The number of benzene rings is 1. The van der Waals surface area contributed by atoms with E-state index in [2.05, 4.69) is 20.0 Å². The van der Waals surface area contributed by atoms with Crippen LogP contribution in [-0.4, -0.2) is 67.6 Å². The Morgan fingerprint density at radius 1 is 1.06 bits per heavy atom. The molecule has 0 unspecified atom stereocenters. The zero-order chi connectivity index (χ0) is 21.2. The topological polar surface area (TPSA) is 97.4 Å². The van der Waals surface area contributed by atoms with Crippen LogP contribution in [0.4, 0.5) is 0 Å². The van der Waals surface area contributed by atoms with Gasteiger partial charge in [0, 0.05) is 32.2 Å². The van der Waals surface area contributed by atoms with Crippen molar-refractivity contribution in [3.05, 3.63) is 52.7 Å². The van der Waals surface area contributed by atoms with Crippen LogP contribution in [0.15, 0.2) is 39.9 Å². The number of nitrogens with zero attached hydrogens (tertiary/aromatic N) is 6. The predicted octanol–water partition coefficient (Wildman–Crippen LogP) is 1.92. The maximum Gasteiger partial charge on any atom is 0.316 e. The highest BCUT2D eigenvalue weighted by atomic mass is 16.5. The molecule has 0 bridgehead atoms. The molecule has 2 aliphatic rings. The Labute approximate surface area is 179 Å². The highest BCUT2D eigenvalue weighted by Crippen LogP contribution is 2.23. The predicted molar refractivity (Wildman–Crippen MR) is 114 cm³/mol. The Balaban J connectivity index is 1.23. The molecule has 5 rings (SSSR count). The number of aromatic nitrogens is 4. The SMILES string of the molecule is O=C(c1nc(Cn2cnc3ccccc3c2=O)no1)N1CCN(C2CCCCC2)CC1. The highest BCUT2D eigenvalue weighted by molar-refractivity contribution is 5.89. The standard InChI is InChI=1S/C22H26N6O3/c29-21-17-8-4-5-9-18(17)23-15-28(21)14-19-24-20(31-25-19)22(30)27-12-10-26(11-13-27)16-6-2-1-3-7-16/h4-5,8-9,15-16H,1-3,6-7,10-14H2. The summed E-state index contributed by atoms with van der Waals surface area (Å²) in [5.41, 5.74) is 0.460. The second-order valence-corrected chi connectivity index (χ2v) is 8.33. The van der Waals surface area contributed by atoms with Crippen LogP contribution in [-0.2, 0) is 6.54 Å². The lowest BCUT2D eigenvalue weighted by Gasteiger charge is -2.40. The van der Waals surface area contributed by atoms with Gasteiger partial charge < -0.3 is 9.42 Å². The molecule has 2 fully saturated rings. The fourth-order valence-corrected chi connectivity index (χ4v) is 4.65. The number of amides is 1. The molecule has 0 spiro atoms. The summed E-state index contributed by atoms with van der Waals surface area (Å²) in [6.45, 7) is 3.20. The zero-order valence-electron chi connectivity index (χ0n) is 17.4. The van der Waals surface area contributed by atoms with Crippen LogP contribution in [0.25, 0.3) is 10.9 Å². The van der Waals surface area contributed by atoms with Crippen molar-refractivity contribution in [3.63, 3.8) is 0 Å². The Hall–Kier alpha value is -3.07. The summed E-state index contributed by atoms with van der Waals surface area (Å²) in [7, 11) is 0. The van der Waals surface area contributed by atoms with Crippen LogP contribution in [0.3, 0.4) is 0 Å². The molecule has 1 aliphatic carbocycles. The van der Waals surface area contributed by atoms with Gasteiger partial charge in [-0.15, -0.1) is 0 Å². The Morgan fingerprint density at radius 2 is 1.84 bits per heavy atom. The van der Waals surface area contributed by atoms with Crippen molar-refractivity contribution in [1.29, 1.82) is 0 Å². The smallest absolute Gasteiger partial charge is 0.316 e. The van der Waals surface area contributed by atoms with Gasteiger partial charge in [0.15, 0.2) is 5.82 Å². The number of carbonyl (C=O) groups excluding carboxylic acids is 1. The van der Waals surface area contributed by atoms with Gasteiger partial charge in [0.25, 0.3) is 5.56 Å². The van der Waals surface area contributed by atoms with Crippen molar-refractivity contribution in [2.24, 2.45) is 0 Å². The number of carbonyl (C=O) groups is 1. The first-order valence-corrected chi connectivity index (χ1v) is 11.0. The third-order valence-corrected chi connectivity index (χ3v) is 6.39. The molecular formula is C22H26N6O3. The van der Waals surface area contributed by atoms with Crippen LogP contribution in [0.2, 0.25) is 0 Å². The van der Waals surface area contributed by atoms with E-state index < -0.39 is 0 Å². The summed E-state index contributed by atoms with van der Waals surface area (Å²) in [5.74, 6) is 0.0114. The molecule has 3 aromatic rings. The molecule has 1 amide bonds. The van der Waals surface area contributed by atoms with Gasteiger partial charge in [0.1, 0.15) is 0 Å². The van der Waals surface area contributed by atoms with Gasteiger partial charge in [-0.2, -0.15) is 4.98 Å². The number of para-hydroxylation sites is 1. The molecule has 2 aromatic heterocycles. The molecule has 0 N–H and O–H groups in total. The van der Waals surface area contributed by atoms with E-state index in [1.54, 1.807) is 23.1 Å². The molecule has 31 heavy (non-hydrogen) atoms. The van der Waals surface area contributed by atoms with Crippen LogP contribution in [0.1, 0.15) is 48.6 Å². The van der Waals surface area contributed by atoms with Gasteiger partial charge in [-0.3, -0.25) is 19.1 Å². The number of fused-ring (bicyclic) bond motifs is 1. The van der Waals surface area contributed by atoms with Crippen LogP contribution >= 0.6 is 0 Å². The Kier molecular flexibility index (Phi) is 5.50. The lowest BCUT2D eigenvalue weighted by Crippen LogP contribution is -2.52. The van der Waals surface area contributed by atoms with Crippen molar-refractivity contribution in [3.8, 4) is 0 Å². The highest BCUT2D eigenvalue weighted by Gasteiger charge is 2.29. The molecular weight excluding hydrogens is 396 g/mol. The fraction of sp³-hybridized carbons (Fsp3) is 0.500. The lowest BCUT2D eigenvalue weighted by molar-refractivity contribution is 0.0483. The normalized spacial score (nSPS) is 18.5. The van der Waals surface area contributed by atoms with Gasteiger partial charge >= 0.3 is 11.8 Å². The minimum absolute atomic E-state index is 0.0251. The number of hydrogen-bond donors (Lipinski definition) is 0. The van der Waals surface area contributed by atoms with E-state index in [9.17, 15) is 9.59 Å². The molecule has 1 aliphatic heterocycles. The molecule has 3 heterocycles. The largest absolute Gasteiger partial charge is 0.332 e. The molecule has 1 saturated carbocycles. The molecule has 0 atom stereocenters. The summed E-state index contributed by atoms with van der Waals surface area (Å²) < 4.78 is 6.64. The lowest BCUT2D eigenvalue weighted by atomic mass is 9.94. The minimum Gasteiger partial charge on any atom is -0.332 e. The van der Waals surface area contributed by atoms with E-state index in [4.69, 9.17) is 4.52 Å². The molecule has 0 radical (unpaired) electrons. The minimum atomic E-state index is -0.244. The third-order valence-electron chi connectivity index (χ3n) is 6.39. The molecule has 9 heteroatoms. The van der Waals surface area contributed by atoms with Crippen LogP contribution in [0.5, 0.6) is 0 Å². The average molecular weight is 422 g/mol. The zero-order valence-corrected chi connectivity index (χ0v) is 17.4. The number of rotatable bonds is 4. The van der Waals surface area contributed by atoms with E-state index in [1.807, 2.05) is 6.07 Å². The van der Waals surface area contributed by atoms with Crippen molar-refractivity contribution >= 4 is 16.8 Å². The number of hydrogen-bond acceptors (Lipinski definition) is 7. The fourth-order valence-electron chi connectivity index (χ4n) is 4.65. The summed E-state index contributed by atoms with van der Waals surface area (Å²) >= 11 is 0. The van der Waals surface area contributed by atoms with E-state index in [0.717, 1.165) is 13.1 Å². The molecule has 1 saturated heterocycles. The molecule has 9 nitrogen and oxygen atoms in total. The van der Waals surface area contributed by atoms with E-state index in [1.165, 1.54) is 43.0 Å². The monoisotopic (exact) mass is 422 g/mol. The van der Waals surface area contributed by atoms with Gasteiger partial charge in [-0.25, -0.2) is 4.98 Å². The van der Waals surface area contributed by atoms with Crippen molar-refractivity contribution < 1.29 is 9.32 Å². The second-order valence-electron chi connectivity index (χ2n) is 8.33. The maximum absolute atomic E-state index is 12.8. The second kappa shape index (κ2) is 8.58.